The predicted molar refractivity (Wildman–Crippen MR) is 111 cm³/mol. The number of amides is 1. The molecule has 2 aromatic carbocycles. The SMILES string of the molecule is C[C@@H]1CCCN(C(=O)CN2CCN(Cc3cccc4ccccc34)CC2)C1. The molecule has 2 aromatic rings. The van der Waals surface area contributed by atoms with Crippen LogP contribution in [0.15, 0.2) is 42.5 Å². The molecule has 1 atom stereocenters. The molecule has 4 heteroatoms. The number of carbonyl (C=O) groups is 1. The maximum absolute atomic E-state index is 12.6. The Morgan fingerprint density at radius 1 is 0.963 bits per heavy atom. The number of hydrogen-bond acceptors (Lipinski definition) is 3. The van der Waals surface area contributed by atoms with Crippen molar-refractivity contribution in [2.45, 2.75) is 26.3 Å². The summed E-state index contributed by atoms with van der Waals surface area (Å²) >= 11 is 0. The molecule has 2 aliphatic rings. The van der Waals surface area contributed by atoms with E-state index in [1.807, 2.05) is 0 Å². The van der Waals surface area contributed by atoms with Gasteiger partial charge in [-0.25, -0.2) is 0 Å². The van der Waals surface area contributed by atoms with Gasteiger partial charge in [-0.1, -0.05) is 49.4 Å². The monoisotopic (exact) mass is 365 g/mol. The molecule has 2 saturated heterocycles. The van der Waals surface area contributed by atoms with Crippen LogP contribution in [0.2, 0.25) is 0 Å². The summed E-state index contributed by atoms with van der Waals surface area (Å²) in [5.41, 5.74) is 1.40. The lowest BCUT2D eigenvalue weighted by Crippen LogP contribution is -2.50. The molecule has 2 heterocycles. The third-order valence-corrected chi connectivity index (χ3v) is 6.11. The van der Waals surface area contributed by atoms with Crippen molar-refractivity contribution in [3.05, 3.63) is 48.0 Å². The van der Waals surface area contributed by atoms with Gasteiger partial charge in [-0.2, -0.15) is 0 Å². The smallest absolute Gasteiger partial charge is 0.236 e. The van der Waals surface area contributed by atoms with Gasteiger partial charge >= 0.3 is 0 Å². The summed E-state index contributed by atoms with van der Waals surface area (Å²) in [4.78, 5) is 19.5. The van der Waals surface area contributed by atoms with Gasteiger partial charge in [0.15, 0.2) is 0 Å². The van der Waals surface area contributed by atoms with Crippen molar-refractivity contribution in [2.75, 3.05) is 45.8 Å². The van der Waals surface area contributed by atoms with Crippen LogP contribution in [-0.2, 0) is 11.3 Å². The van der Waals surface area contributed by atoms with E-state index >= 15 is 0 Å². The number of rotatable bonds is 4. The topological polar surface area (TPSA) is 26.8 Å². The van der Waals surface area contributed by atoms with Gasteiger partial charge in [-0.3, -0.25) is 14.6 Å². The molecule has 0 radical (unpaired) electrons. The first kappa shape index (κ1) is 18.5. The van der Waals surface area contributed by atoms with Crippen molar-refractivity contribution in [1.29, 1.82) is 0 Å². The van der Waals surface area contributed by atoms with E-state index in [0.717, 1.165) is 52.2 Å². The molecule has 0 N–H and O–H groups in total. The Morgan fingerprint density at radius 2 is 1.70 bits per heavy atom. The summed E-state index contributed by atoms with van der Waals surface area (Å²) < 4.78 is 0. The van der Waals surface area contributed by atoms with E-state index in [4.69, 9.17) is 0 Å². The number of benzene rings is 2. The molecule has 144 valence electrons. The molecule has 2 fully saturated rings. The van der Waals surface area contributed by atoms with E-state index in [-0.39, 0.29) is 0 Å². The minimum atomic E-state index is 0.323. The second-order valence-corrected chi connectivity index (χ2v) is 8.28. The third kappa shape index (κ3) is 4.50. The molecule has 2 aliphatic heterocycles. The fourth-order valence-corrected chi connectivity index (χ4v) is 4.48. The molecule has 27 heavy (non-hydrogen) atoms. The van der Waals surface area contributed by atoms with Gasteiger partial charge in [0.05, 0.1) is 6.54 Å². The lowest BCUT2D eigenvalue weighted by atomic mass is 10.0. The molecule has 1 amide bonds. The van der Waals surface area contributed by atoms with E-state index in [9.17, 15) is 4.79 Å². The predicted octanol–water partition coefficient (Wildman–Crippen LogP) is 3.22. The van der Waals surface area contributed by atoms with Crippen LogP contribution in [0.5, 0.6) is 0 Å². The second-order valence-electron chi connectivity index (χ2n) is 8.28. The van der Waals surface area contributed by atoms with E-state index in [1.54, 1.807) is 0 Å². The van der Waals surface area contributed by atoms with E-state index in [0.29, 0.717) is 18.4 Å². The molecule has 0 saturated carbocycles. The highest BCUT2D eigenvalue weighted by Crippen LogP contribution is 2.21. The van der Waals surface area contributed by atoms with Gasteiger partial charge in [-0.15, -0.1) is 0 Å². The van der Waals surface area contributed by atoms with Crippen molar-refractivity contribution in [1.82, 2.24) is 14.7 Å². The maximum Gasteiger partial charge on any atom is 0.236 e. The summed E-state index contributed by atoms with van der Waals surface area (Å²) in [7, 11) is 0. The summed E-state index contributed by atoms with van der Waals surface area (Å²) in [5.74, 6) is 0.976. The Kier molecular flexibility index (Phi) is 5.74. The Bertz CT molecular complexity index is 777. The van der Waals surface area contributed by atoms with E-state index in [2.05, 4.69) is 64.1 Å². The lowest BCUT2D eigenvalue weighted by Gasteiger charge is -2.37. The number of hydrogen-bond donors (Lipinski definition) is 0. The standard InChI is InChI=1S/C23H31N3O/c1-19-6-5-11-26(16-19)23(27)18-25-14-12-24(13-15-25)17-21-9-4-8-20-7-2-3-10-22(20)21/h2-4,7-10,19H,5-6,11-18H2,1H3/t19-/m1/s1. The number of carbonyl (C=O) groups excluding carboxylic acids is 1. The first-order valence-electron chi connectivity index (χ1n) is 10.4. The fourth-order valence-electron chi connectivity index (χ4n) is 4.48. The highest BCUT2D eigenvalue weighted by Gasteiger charge is 2.24. The molecule has 0 bridgehead atoms. The largest absolute Gasteiger partial charge is 0.341 e. The normalized spacial score (nSPS) is 22.3. The summed E-state index contributed by atoms with van der Waals surface area (Å²) in [6.45, 7) is 9.77. The minimum absolute atomic E-state index is 0.323. The maximum atomic E-state index is 12.6. The zero-order valence-corrected chi connectivity index (χ0v) is 16.4. The highest BCUT2D eigenvalue weighted by molar-refractivity contribution is 5.85. The van der Waals surface area contributed by atoms with Crippen molar-refractivity contribution >= 4 is 16.7 Å². The quantitative estimate of drug-likeness (QED) is 0.832. The third-order valence-electron chi connectivity index (χ3n) is 6.11. The summed E-state index contributed by atoms with van der Waals surface area (Å²) in [6, 6.07) is 15.2. The van der Waals surface area contributed by atoms with E-state index < -0.39 is 0 Å². The van der Waals surface area contributed by atoms with Crippen LogP contribution in [0.4, 0.5) is 0 Å². The first-order valence-corrected chi connectivity index (χ1v) is 10.4. The summed E-state index contributed by atoms with van der Waals surface area (Å²) in [6.07, 6.45) is 2.42. The molecule has 4 nitrogen and oxygen atoms in total. The Labute approximate surface area is 162 Å². The van der Waals surface area contributed by atoms with Crippen molar-refractivity contribution < 1.29 is 4.79 Å². The van der Waals surface area contributed by atoms with Gasteiger partial charge < -0.3 is 4.90 Å². The number of piperidine rings is 1. The van der Waals surface area contributed by atoms with Crippen molar-refractivity contribution in [3.63, 3.8) is 0 Å². The number of fused-ring (bicyclic) bond motifs is 1. The van der Waals surface area contributed by atoms with Crippen LogP contribution in [0.1, 0.15) is 25.3 Å². The van der Waals surface area contributed by atoms with Crippen LogP contribution in [0, 0.1) is 5.92 Å². The fraction of sp³-hybridized carbons (Fsp3) is 0.522. The molecule has 0 spiro atoms. The van der Waals surface area contributed by atoms with Crippen LogP contribution in [0.3, 0.4) is 0 Å². The molecule has 0 aromatic heterocycles. The minimum Gasteiger partial charge on any atom is -0.341 e. The van der Waals surface area contributed by atoms with Crippen LogP contribution < -0.4 is 0 Å². The van der Waals surface area contributed by atoms with Gasteiger partial charge in [-0.05, 0) is 35.1 Å². The molecular formula is C23H31N3O. The lowest BCUT2D eigenvalue weighted by molar-refractivity contribution is -0.134. The highest BCUT2D eigenvalue weighted by atomic mass is 16.2. The molecule has 4 rings (SSSR count). The Balaban J connectivity index is 1.29. The second kappa shape index (κ2) is 8.41. The number of piperazine rings is 1. The average Bonchev–Trinajstić information content (AvgIpc) is 2.70. The summed E-state index contributed by atoms with van der Waals surface area (Å²) in [5, 5.41) is 2.67. The molecule has 0 unspecified atom stereocenters. The first-order chi connectivity index (χ1) is 13.2. The molecular weight excluding hydrogens is 334 g/mol. The van der Waals surface area contributed by atoms with Crippen LogP contribution in [-0.4, -0.2) is 66.4 Å². The number of likely N-dealkylation sites (tertiary alicyclic amines) is 1. The van der Waals surface area contributed by atoms with Gasteiger partial charge in [0.2, 0.25) is 5.91 Å². The van der Waals surface area contributed by atoms with Gasteiger partial charge in [0.1, 0.15) is 0 Å². The van der Waals surface area contributed by atoms with E-state index in [1.165, 1.54) is 22.8 Å². The molecule has 0 aliphatic carbocycles. The van der Waals surface area contributed by atoms with Crippen molar-refractivity contribution in [3.8, 4) is 0 Å². The van der Waals surface area contributed by atoms with Crippen molar-refractivity contribution in [2.24, 2.45) is 5.92 Å². The Morgan fingerprint density at radius 3 is 2.52 bits per heavy atom. The van der Waals surface area contributed by atoms with Crippen LogP contribution in [0.25, 0.3) is 10.8 Å². The zero-order valence-electron chi connectivity index (χ0n) is 16.4. The van der Waals surface area contributed by atoms with Crippen LogP contribution >= 0.6 is 0 Å². The zero-order chi connectivity index (χ0) is 18.6. The number of nitrogens with zero attached hydrogens (tertiary/aromatic N) is 3. The average molecular weight is 366 g/mol. The van der Waals surface area contributed by atoms with Gasteiger partial charge in [0.25, 0.3) is 0 Å². The Hall–Kier alpha value is -1.91. The van der Waals surface area contributed by atoms with Gasteiger partial charge in [0, 0.05) is 45.8 Å².